The highest BCUT2D eigenvalue weighted by molar-refractivity contribution is 5.89. The van der Waals surface area contributed by atoms with Gasteiger partial charge in [0.2, 0.25) is 0 Å². The molecule has 4 N–H and O–H groups in total. The molecule has 33 heavy (non-hydrogen) atoms. The number of aliphatic hydroxyl groups is 2. The number of rotatable bonds is 5. The van der Waals surface area contributed by atoms with Crippen molar-refractivity contribution in [3.63, 3.8) is 0 Å². The third-order valence-corrected chi connectivity index (χ3v) is 6.93. The van der Waals surface area contributed by atoms with Crippen molar-refractivity contribution in [3.8, 4) is 11.5 Å². The molecule has 3 aromatic rings. The summed E-state index contributed by atoms with van der Waals surface area (Å²) in [5.74, 6) is 1.05. The molecule has 1 aliphatic heterocycles. The maximum Gasteiger partial charge on any atom is 0.200 e. The monoisotopic (exact) mass is 453 g/mol. The summed E-state index contributed by atoms with van der Waals surface area (Å²) in [7, 11) is 1.52. The van der Waals surface area contributed by atoms with Crippen molar-refractivity contribution in [2.75, 3.05) is 12.6 Å². The van der Waals surface area contributed by atoms with Gasteiger partial charge in [0.1, 0.15) is 40.9 Å². The van der Waals surface area contributed by atoms with Crippen LogP contribution in [0.3, 0.4) is 0 Å². The van der Waals surface area contributed by atoms with Gasteiger partial charge in [-0.05, 0) is 43.9 Å². The zero-order valence-corrected chi connectivity index (χ0v) is 18.6. The van der Waals surface area contributed by atoms with Gasteiger partial charge >= 0.3 is 0 Å². The van der Waals surface area contributed by atoms with Gasteiger partial charge in [-0.1, -0.05) is 12.1 Å². The van der Waals surface area contributed by atoms with Crippen molar-refractivity contribution in [2.45, 2.75) is 56.8 Å². The van der Waals surface area contributed by atoms with Gasteiger partial charge in [-0.2, -0.15) is 0 Å². The predicted octanol–water partition coefficient (Wildman–Crippen LogP) is 3.47. The standard InChI is InChI=1S/C25H27NO7/c1-25(29)9-3-4-15-20-17(33-24(15)25)11-18-21(23(20)31-2)22(28)16(19(12-27)32-18)10-13-5-7-14(26-30)8-6-13/h5-8,11,15,24,26-27,29-30H,3-4,9-10,12H2,1-2H3/t15-,24-,25+/m0/s1. The Hall–Kier alpha value is -3.07. The Morgan fingerprint density at radius 3 is 2.70 bits per heavy atom. The van der Waals surface area contributed by atoms with E-state index in [0.29, 0.717) is 34.6 Å². The molecule has 1 aromatic heterocycles. The molecular weight excluding hydrogens is 426 g/mol. The molecular formula is C25H27NO7. The maximum absolute atomic E-state index is 13.7. The van der Waals surface area contributed by atoms with Crippen LogP contribution >= 0.6 is 0 Å². The summed E-state index contributed by atoms with van der Waals surface area (Å²) in [6.45, 7) is 1.35. The zero-order valence-electron chi connectivity index (χ0n) is 18.6. The molecule has 2 aliphatic rings. The van der Waals surface area contributed by atoms with E-state index in [2.05, 4.69) is 5.48 Å². The summed E-state index contributed by atoms with van der Waals surface area (Å²) in [6, 6.07) is 8.62. The highest BCUT2D eigenvalue weighted by Crippen LogP contribution is 2.54. The Morgan fingerprint density at radius 2 is 2.03 bits per heavy atom. The highest BCUT2D eigenvalue weighted by Gasteiger charge is 2.50. The smallest absolute Gasteiger partial charge is 0.200 e. The summed E-state index contributed by atoms with van der Waals surface area (Å²) in [5, 5.41) is 30.2. The van der Waals surface area contributed by atoms with E-state index in [1.165, 1.54) is 7.11 Å². The lowest BCUT2D eigenvalue weighted by Crippen LogP contribution is -2.47. The quantitative estimate of drug-likeness (QED) is 0.434. The molecule has 2 heterocycles. The van der Waals surface area contributed by atoms with E-state index in [1.807, 2.05) is 0 Å². The third-order valence-electron chi connectivity index (χ3n) is 6.93. The first kappa shape index (κ1) is 21.8. The number of methoxy groups -OCH3 is 1. The van der Waals surface area contributed by atoms with Gasteiger partial charge in [-0.15, -0.1) is 0 Å². The molecule has 1 fully saturated rings. The van der Waals surface area contributed by atoms with Crippen LogP contribution in [0.1, 0.15) is 54.6 Å². The van der Waals surface area contributed by atoms with Crippen molar-refractivity contribution >= 4 is 16.7 Å². The van der Waals surface area contributed by atoms with Crippen LogP contribution in [-0.4, -0.2) is 34.2 Å². The van der Waals surface area contributed by atoms with Gasteiger partial charge in [-0.3, -0.25) is 15.5 Å². The summed E-state index contributed by atoms with van der Waals surface area (Å²) in [5.41, 5.74) is 3.60. The Bertz CT molecular complexity index is 1260. The first-order valence-electron chi connectivity index (χ1n) is 11.1. The minimum Gasteiger partial charge on any atom is -0.495 e. The lowest BCUT2D eigenvalue weighted by atomic mass is 9.74. The topological polar surface area (TPSA) is 121 Å². The average Bonchev–Trinajstić information content (AvgIpc) is 3.19. The first-order chi connectivity index (χ1) is 15.9. The van der Waals surface area contributed by atoms with Gasteiger partial charge in [0.05, 0.1) is 18.4 Å². The minimum absolute atomic E-state index is 0.0815. The number of hydrogen-bond donors (Lipinski definition) is 4. The van der Waals surface area contributed by atoms with Crippen LogP contribution in [0.4, 0.5) is 5.69 Å². The number of ether oxygens (including phenoxy) is 2. The van der Waals surface area contributed by atoms with E-state index in [1.54, 1.807) is 37.3 Å². The first-order valence-corrected chi connectivity index (χ1v) is 11.1. The van der Waals surface area contributed by atoms with E-state index >= 15 is 0 Å². The number of fused-ring (bicyclic) bond motifs is 4. The summed E-state index contributed by atoms with van der Waals surface area (Å²) >= 11 is 0. The number of benzene rings is 2. The molecule has 8 nitrogen and oxygen atoms in total. The van der Waals surface area contributed by atoms with Crippen LogP contribution in [0.25, 0.3) is 11.0 Å². The lowest BCUT2D eigenvalue weighted by Gasteiger charge is -2.37. The van der Waals surface area contributed by atoms with Crippen molar-refractivity contribution < 1.29 is 29.3 Å². The Labute approximate surface area is 190 Å². The number of nitrogens with one attached hydrogen (secondary N) is 1. The van der Waals surface area contributed by atoms with E-state index in [0.717, 1.165) is 24.0 Å². The molecule has 2 aromatic carbocycles. The predicted molar refractivity (Wildman–Crippen MR) is 121 cm³/mol. The van der Waals surface area contributed by atoms with Crippen LogP contribution in [0.2, 0.25) is 0 Å². The molecule has 0 radical (unpaired) electrons. The van der Waals surface area contributed by atoms with E-state index < -0.39 is 18.3 Å². The normalized spacial score (nSPS) is 23.7. The van der Waals surface area contributed by atoms with E-state index in [9.17, 15) is 15.0 Å². The Morgan fingerprint density at radius 1 is 1.27 bits per heavy atom. The molecule has 0 bridgehead atoms. The summed E-state index contributed by atoms with van der Waals surface area (Å²) < 4.78 is 17.9. The minimum atomic E-state index is -0.979. The highest BCUT2D eigenvalue weighted by atomic mass is 16.5. The van der Waals surface area contributed by atoms with E-state index in [-0.39, 0.29) is 29.1 Å². The Balaban J connectivity index is 1.68. The fraction of sp³-hybridized carbons (Fsp3) is 0.400. The third kappa shape index (κ3) is 3.45. The summed E-state index contributed by atoms with van der Waals surface area (Å²) in [6.07, 6.45) is 2.15. The SMILES string of the molecule is COc1c2c(cc3oc(CO)c(Cc4ccc(NO)cc4)c(=O)c13)O[C@H]1[C@H]2CCC[C@@]1(C)O. The molecule has 8 heteroatoms. The fourth-order valence-electron chi connectivity index (χ4n) is 5.31. The zero-order chi connectivity index (χ0) is 23.3. The second-order valence-electron chi connectivity index (χ2n) is 9.07. The van der Waals surface area contributed by atoms with Crippen LogP contribution in [-0.2, 0) is 13.0 Å². The van der Waals surface area contributed by atoms with Crippen molar-refractivity contribution in [1.29, 1.82) is 0 Å². The fourth-order valence-corrected chi connectivity index (χ4v) is 5.31. The molecule has 3 atom stereocenters. The van der Waals surface area contributed by atoms with Crippen molar-refractivity contribution in [2.24, 2.45) is 0 Å². The molecule has 174 valence electrons. The average molecular weight is 453 g/mol. The molecule has 1 aliphatic carbocycles. The molecule has 0 unspecified atom stereocenters. The maximum atomic E-state index is 13.7. The second-order valence-corrected chi connectivity index (χ2v) is 9.07. The molecule has 0 amide bonds. The second kappa shape index (κ2) is 8.06. The Kier molecular flexibility index (Phi) is 5.31. The van der Waals surface area contributed by atoms with Crippen LogP contribution in [0, 0.1) is 0 Å². The molecule has 5 rings (SSSR count). The number of aliphatic hydroxyl groups excluding tert-OH is 1. The van der Waals surface area contributed by atoms with Gasteiger partial charge in [0.25, 0.3) is 0 Å². The van der Waals surface area contributed by atoms with Crippen LogP contribution in [0.5, 0.6) is 11.5 Å². The lowest BCUT2D eigenvalue weighted by molar-refractivity contribution is -0.0725. The van der Waals surface area contributed by atoms with Gasteiger partial charge in [-0.25, -0.2) is 0 Å². The largest absolute Gasteiger partial charge is 0.495 e. The van der Waals surface area contributed by atoms with Gasteiger partial charge in [0, 0.05) is 29.5 Å². The molecule has 0 saturated heterocycles. The summed E-state index contributed by atoms with van der Waals surface area (Å²) in [4.78, 5) is 13.7. The van der Waals surface area contributed by atoms with Gasteiger partial charge < -0.3 is 24.1 Å². The van der Waals surface area contributed by atoms with Crippen LogP contribution < -0.4 is 20.4 Å². The van der Waals surface area contributed by atoms with E-state index in [4.69, 9.17) is 19.1 Å². The van der Waals surface area contributed by atoms with Gasteiger partial charge in [0.15, 0.2) is 5.43 Å². The molecule has 0 spiro atoms. The van der Waals surface area contributed by atoms with Crippen molar-refractivity contribution in [1.82, 2.24) is 0 Å². The number of anilines is 1. The van der Waals surface area contributed by atoms with Crippen LogP contribution in [0.15, 0.2) is 39.5 Å². The van der Waals surface area contributed by atoms with Crippen molar-refractivity contribution in [3.05, 3.63) is 63.0 Å². The number of hydrogen-bond acceptors (Lipinski definition) is 8. The molecule has 1 saturated carbocycles.